The summed E-state index contributed by atoms with van der Waals surface area (Å²) in [6.45, 7) is 5.22. The fourth-order valence-electron chi connectivity index (χ4n) is 4.42. The van der Waals surface area contributed by atoms with Gasteiger partial charge in [0.15, 0.2) is 0 Å². The van der Waals surface area contributed by atoms with E-state index in [0.29, 0.717) is 12.1 Å². The maximum Gasteiger partial charge on any atom is 0.405 e. The molecular formula is C24H27ClF4N4O2. The highest BCUT2D eigenvalue weighted by molar-refractivity contribution is 6.31. The molecule has 0 fully saturated rings. The first-order chi connectivity index (χ1) is 16.4. The third kappa shape index (κ3) is 5.94. The number of hydrogen-bond acceptors (Lipinski definition) is 5. The van der Waals surface area contributed by atoms with Crippen LogP contribution in [0.4, 0.5) is 17.6 Å². The lowest BCUT2D eigenvalue weighted by atomic mass is 9.73. The third-order valence-electron chi connectivity index (χ3n) is 6.12. The number of carbonyl (C=O) groups is 1. The van der Waals surface area contributed by atoms with Crippen LogP contribution in [0.15, 0.2) is 75.4 Å². The number of hydrogen-bond donors (Lipinski definition) is 4. The summed E-state index contributed by atoms with van der Waals surface area (Å²) in [5, 5.41) is 14.0. The Morgan fingerprint density at radius 3 is 2.69 bits per heavy atom. The second-order valence-electron chi connectivity index (χ2n) is 8.62. The molecule has 0 radical (unpaired) electrons. The molecule has 0 aromatic heterocycles. The number of rotatable bonds is 5. The molecule has 0 saturated carbocycles. The molecule has 0 saturated heterocycles. The third-order valence-corrected chi connectivity index (χ3v) is 6.34. The van der Waals surface area contributed by atoms with Crippen LogP contribution in [0.2, 0.25) is 0 Å². The van der Waals surface area contributed by atoms with Crippen LogP contribution < -0.4 is 16.4 Å². The highest BCUT2D eigenvalue weighted by Crippen LogP contribution is 2.45. The first-order valence-electron chi connectivity index (χ1n) is 11.1. The Morgan fingerprint density at radius 2 is 2.11 bits per heavy atom. The van der Waals surface area contributed by atoms with Gasteiger partial charge in [-0.1, -0.05) is 30.3 Å². The molecule has 3 atom stereocenters. The maximum absolute atomic E-state index is 14.8. The number of alkyl halides is 3. The van der Waals surface area contributed by atoms with E-state index in [1.54, 1.807) is 6.08 Å². The number of amidine groups is 1. The fraction of sp³-hybridized carbons (Fsp3) is 0.417. The monoisotopic (exact) mass is 514 g/mol. The molecule has 0 aromatic carbocycles. The highest BCUT2D eigenvalue weighted by atomic mass is 35.5. The summed E-state index contributed by atoms with van der Waals surface area (Å²) in [5.41, 5.74) is 4.58. The molecule has 190 valence electrons. The van der Waals surface area contributed by atoms with Gasteiger partial charge in [0.2, 0.25) is 0 Å². The number of nitrogens with one attached hydrogen (secondary N) is 2. The van der Waals surface area contributed by atoms with E-state index in [4.69, 9.17) is 17.3 Å². The Bertz CT molecular complexity index is 1090. The van der Waals surface area contributed by atoms with Gasteiger partial charge < -0.3 is 16.2 Å². The predicted molar refractivity (Wildman–Crippen MR) is 127 cm³/mol. The zero-order valence-corrected chi connectivity index (χ0v) is 19.8. The molecule has 0 aromatic rings. The van der Waals surface area contributed by atoms with Crippen molar-refractivity contribution in [1.29, 1.82) is 0 Å². The lowest BCUT2D eigenvalue weighted by Gasteiger charge is -2.43. The van der Waals surface area contributed by atoms with Crippen molar-refractivity contribution in [3.8, 4) is 0 Å². The molecule has 0 amide bonds. The van der Waals surface area contributed by atoms with Crippen molar-refractivity contribution >= 4 is 23.4 Å². The van der Waals surface area contributed by atoms with Gasteiger partial charge >= 0.3 is 12.1 Å². The summed E-state index contributed by atoms with van der Waals surface area (Å²) in [4.78, 5) is 16.1. The van der Waals surface area contributed by atoms with E-state index in [9.17, 15) is 27.5 Å². The minimum absolute atomic E-state index is 0.226. The fourth-order valence-corrected chi connectivity index (χ4v) is 4.73. The van der Waals surface area contributed by atoms with Gasteiger partial charge in [-0.05, 0) is 56.4 Å². The van der Waals surface area contributed by atoms with Crippen molar-refractivity contribution in [2.45, 2.75) is 57.4 Å². The average molecular weight is 515 g/mol. The van der Waals surface area contributed by atoms with Gasteiger partial charge in [-0.3, -0.25) is 5.32 Å². The molecule has 3 unspecified atom stereocenters. The molecule has 6 nitrogen and oxygen atoms in total. The Morgan fingerprint density at radius 1 is 1.40 bits per heavy atom. The largest absolute Gasteiger partial charge is 0.478 e. The van der Waals surface area contributed by atoms with E-state index in [-0.39, 0.29) is 16.6 Å². The molecule has 1 aliphatic carbocycles. The van der Waals surface area contributed by atoms with Gasteiger partial charge in [0.25, 0.3) is 0 Å². The molecule has 0 bridgehead atoms. The van der Waals surface area contributed by atoms with Crippen LogP contribution in [0, 0.1) is 5.41 Å². The number of nitrogens with two attached hydrogens (primary N) is 1. The van der Waals surface area contributed by atoms with Crippen molar-refractivity contribution in [3.05, 3.63) is 70.4 Å². The Labute approximate surface area is 205 Å². The van der Waals surface area contributed by atoms with E-state index in [0.717, 1.165) is 43.1 Å². The van der Waals surface area contributed by atoms with E-state index in [1.165, 1.54) is 6.92 Å². The second kappa shape index (κ2) is 10.5. The van der Waals surface area contributed by atoms with Crippen molar-refractivity contribution in [2.24, 2.45) is 16.1 Å². The van der Waals surface area contributed by atoms with Gasteiger partial charge in [-0.15, -0.1) is 0 Å². The molecular weight excluding hydrogens is 488 g/mol. The maximum atomic E-state index is 14.8. The Hall–Kier alpha value is -2.69. The number of nitrogens with zero attached hydrogens (tertiary/aromatic N) is 1. The van der Waals surface area contributed by atoms with Crippen LogP contribution in [-0.2, 0) is 4.79 Å². The van der Waals surface area contributed by atoms with Crippen LogP contribution in [0.1, 0.15) is 39.0 Å². The minimum atomic E-state index is -5.00. The number of carboxylic acid groups (broad SMARTS) is 1. The van der Waals surface area contributed by atoms with Crippen LogP contribution in [0.25, 0.3) is 0 Å². The Kier molecular flexibility index (Phi) is 8.08. The number of halogens is 5. The summed E-state index contributed by atoms with van der Waals surface area (Å²) in [6.07, 6.45) is 2.47. The molecule has 2 heterocycles. The van der Waals surface area contributed by atoms with Crippen molar-refractivity contribution in [1.82, 2.24) is 10.6 Å². The summed E-state index contributed by atoms with van der Waals surface area (Å²) in [7, 11) is 0. The van der Waals surface area contributed by atoms with Crippen molar-refractivity contribution in [2.75, 3.05) is 0 Å². The van der Waals surface area contributed by atoms with Crippen molar-refractivity contribution in [3.63, 3.8) is 0 Å². The molecule has 35 heavy (non-hydrogen) atoms. The lowest BCUT2D eigenvalue weighted by molar-refractivity contribution is -0.172. The minimum Gasteiger partial charge on any atom is -0.478 e. The van der Waals surface area contributed by atoms with Gasteiger partial charge in [-0.25, -0.2) is 14.2 Å². The van der Waals surface area contributed by atoms with Gasteiger partial charge in [0.1, 0.15) is 11.9 Å². The standard InChI is InChI=1S/C24H27ClF4N4O2/c1-3-16(26)12-23(22-31-13(2)9-18(32-22)14-7-5-4-6-8-14)11-15(25)10-17(20(34)35)19(30)33-21(23)24(27,28)29/h3,7,9-11,19,21,33H,2,4-6,8,12,30H2,1H3,(H,31,32)(H,34,35)/b15-11+,16-3+,17-10+. The lowest BCUT2D eigenvalue weighted by Crippen LogP contribution is -2.64. The zero-order valence-electron chi connectivity index (χ0n) is 19.1. The normalized spacial score (nSPS) is 31.5. The van der Waals surface area contributed by atoms with Crippen molar-refractivity contribution < 1.29 is 27.5 Å². The topological polar surface area (TPSA) is 99.7 Å². The van der Waals surface area contributed by atoms with E-state index >= 15 is 0 Å². The molecule has 11 heteroatoms. The quantitative estimate of drug-likeness (QED) is 0.383. The number of aliphatic imine (C=N–C) groups is 1. The van der Waals surface area contributed by atoms with Crippen LogP contribution in [0.5, 0.6) is 0 Å². The summed E-state index contributed by atoms with van der Waals surface area (Å²) >= 11 is 6.26. The van der Waals surface area contributed by atoms with Crippen LogP contribution >= 0.6 is 11.6 Å². The average Bonchev–Trinajstić information content (AvgIpc) is 2.78. The number of carboxylic acids is 1. The van der Waals surface area contributed by atoms with Crippen LogP contribution in [0.3, 0.4) is 0 Å². The SMILES string of the molecule is C=C1C=C(C2=CCCCC2)N=C(C2(C/C(F)=C\C)/C=C(Cl)\C=C(\C(=O)O)C(N)NC2C(F)(F)F)N1. The molecule has 5 N–H and O–H groups in total. The molecule has 0 spiro atoms. The first kappa shape index (κ1) is 26.9. The second-order valence-corrected chi connectivity index (χ2v) is 9.06. The van der Waals surface area contributed by atoms with E-state index in [2.05, 4.69) is 22.2 Å². The van der Waals surface area contributed by atoms with Crippen LogP contribution in [-0.4, -0.2) is 35.3 Å². The smallest absolute Gasteiger partial charge is 0.405 e. The first-order valence-corrected chi connectivity index (χ1v) is 11.4. The van der Waals surface area contributed by atoms with Gasteiger partial charge in [-0.2, -0.15) is 13.2 Å². The Balaban J connectivity index is 2.31. The van der Waals surface area contributed by atoms with E-state index < -0.39 is 47.6 Å². The summed E-state index contributed by atoms with van der Waals surface area (Å²) in [5.74, 6) is -2.61. The van der Waals surface area contributed by atoms with E-state index in [1.807, 2.05) is 6.08 Å². The summed E-state index contributed by atoms with van der Waals surface area (Å²) in [6, 6.07) is -2.55. The van der Waals surface area contributed by atoms with Gasteiger partial charge in [0, 0.05) is 17.2 Å². The predicted octanol–water partition coefficient (Wildman–Crippen LogP) is 5.09. The molecule has 2 aliphatic heterocycles. The highest BCUT2D eigenvalue weighted by Gasteiger charge is 2.57. The van der Waals surface area contributed by atoms with Gasteiger partial charge in [0.05, 0.1) is 28.7 Å². The number of aliphatic carboxylic acids is 1. The summed E-state index contributed by atoms with van der Waals surface area (Å²) < 4.78 is 58.6. The zero-order chi connectivity index (χ0) is 26.0. The number of allylic oxidation sites excluding steroid dienone is 7. The molecule has 3 aliphatic rings. The molecule has 3 rings (SSSR count).